The van der Waals surface area contributed by atoms with Crippen molar-refractivity contribution >= 4 is 15.9 Å². The maximum Gasteiger partial charge on any atom is 0.243 e. The minimum absolute atomic E-state index is 0.0626. The number of sulfonamides is 1. The summed E-state index contributed by atoms with van der Waals surface area (Å²) in [4.78, 5) is 13.8. The largest absolute Gasteiger partial charge is 0.490 e. The third-order valence-electron chi connectivity index (χ3n) is 4.60. The summed E-state index contributed by atoms with van der Waals surface area (Å²) in [7, 11) is -0.153. The summed E-state index contributed by atoms with van der Waals surface area (Å²) >= 11 is 0. The van der Waals surface area contributed by atoms with Crippen molar-refractivity contribution in [1.29, 1.82) is 0 Å². The molecule has 0 aliphatic carbocycles. The molecule has 1 aromatic rings. The molecule has 0 unspecified atom stereocenters. The van der Waals surface area contributed by atoms with Crippen LogP contribution in [0, 0.1) is 5.92 Å². The monoisotopic (exact) mass is 368 g/mol. The third-order valence-corrected chi connectivity index (χ3v) is 6.50. The normalized spacial score (nSPS) is 19.3. The van der Waals surface area contributed by atoms with Gasteiger partial charge in [0.1, 0.15) is 0 Å². The van der Waals surface area contributed by atoms with Gasteiger partial charge < -0.3 is 14.4 Å². The number of nitrogens with zero attached hydrogens (tertiary/aromatic N) is 2. The summed E-state index contributed by atoms with van der Waals surface area (Å²) in [6, 6.07) is 4.74. The highest BCUT2D eigenvalue weighted by Crippen LogP contribution is 2.33. The molecule has 2 aliphatic heterocycles. The number of hydrogen-bond donors (Lipinski definition) is 0. The van der Waals surface area contributed by atoms with Crippen molar-refractivity contribution in [3.05, 3.63) is 18.2 Å². The lowest BCUT2D eigenvalue weighted by atomic mass is 9.97. The zero-order chi connectivity index (χ0) is 18.0. The lowest BCUT2D eigenvalue weighted by Gasteiger charge is -2.31. The lowest BCUT2D eigenvalue weighted by molar-refractivity contribution is -0.134. The molecule has 0 radical (unpaired) electrons. The highest BCUT2D eigenvalue weighted by Gasteiger charge is 2.33. The number of amides is 1. The quantitative estimate of drug-likeness (QED) is 0.805. The van der Waals surface area contributed by atoms with Crippen LogP contribution in [0.3, 0.4) is 0 Å². The van der Waals surface area contributed by atoms with Gasteiger partial charge in [-0.25, -0.2) is 8.42 Å². The minimum Gasteiger partial charge on any atom is -0.490 e. The van der Waals surface area contributed by atoms with Crippen LogP contribution in [-0.2, 0) is 14.8 Å². The Balaban J connectivity index is 1.74. The van der Waals surface area contributed by atoms with Gasteiger partial charge in [0.15, 0.2) is 11.5 Å². The molecule has 138 valence electrons. The first-order chi connectivity index (χ1) is 11.9. The number of piperidine rings is 1. The van der Waals surface area contributed by atoms with Crippen LogP contribution in [0.1, 0.15) is 19.3 Å². The molecule has 8 heteroatoms. The number of rotatable bonds is 3. The number of fused-ring (bicyclic) bond motifs is 1. The Morgan fingerprint density at radius 3 is 2.40 bits per heavy atom. The Kier molecular flexibility index (Phi) is 5.19. The molecule has 0 aromatic heterocycles. The molecule has 0 spiro atoms. The highest BCUT2D eigenvalue weighted by molar-refractivity contribution is 7.89. The first kappa shape index (κ1) is 18.0. The number of hydrogen-bond acceptors (Lipinski definition) is 5. The molecule has 1 aromatic carbocycles. The Hall–Kier alpha value is -1.80. The van der Waals surface area contributed by atoms with E-state index in [1.807, 2.05) is 0 Å². The van der Waals surface area contributed by atoms with Gasteiger partial charge in [0.25, 0.3) is 0 Å². The standard InChI is InChI=1S/C17H24N2O5S/c1-18(2)17(20)13-6-8-19(9-7-13)25(21,22)14-4-5-15-16(12-14)24-11-3-10-23-15/h4-5,12-13H,3,6-11H2,1-2H3. The lowest BCUT2D eigenvalue weighted by Crippen LogP contribution is -2.42. The van der Waals surface area contributed by atoms with Gasteiger partial charge in [-0.05, 0) is 25.0 Å². The maximum atomic E-state index is 12.9. The highest BCUT2D eigenvalue weighted by atomic mass is 32.2. The average molecular weight is 368 g/mol. The van der Waals surface area contributed by atoms with E-state index in [4.69, 9.17) is 9.47 Å². The summed E-state index contributed by atoms with van der Waals surface area (Å²) < 4.78 is 38.4. The topological polar surface area (TPSA) is 76.2 Å². The van der Waals surface area contributed by atoms with Crippen molar-refractivity contribution in [1.82, 2.24) is 9.21 Å². The van der Waals surface area contributed by atoms with Crippen molar-refractivity contribution in [3.63, 3.8) is 0 Å². The summed E-state index contributed by atoms with van der Waals surface area (Å²) in [5.41, 5.74) is 0. The second-order valence-corrected chi connectivity index (χ2v) is 8.51. The SMILES string of the molecule is CN(C)C(=O)C1CCN(S(=O)(=O)c2ccc3c(c2)OCCCO3)CC1. The predicted molar refractivity (Wildman–Crippen MR) is 92.2 cm³/mol. The molecular formula is C17H24N2O5S. The predicted octanol–water partition coefficient (Wildman–Crippen LogP) is 1.34. The van der Waals surface area contributed by atoms with Crippen molar-refractivity contribution in [2.45, 2.75) is 24.2 Å². The zero-order valence-corrected chi connectivity index (χ0v) is 15.4. The van der Waals surface area contributed by atoms with Crippen LogP contribution < -0.4 is 9.47 Å². The van der Waals surface area contributed by atoms with Gasteiger partial charge in [0.2, 0.25) is 15.9 Å². The smallest absolute Gasteiger partial charge is 0.243 e. The van der Waals surface area contributed by atoms with Gasteiger partial charge in [-0.3, -0.25) is 4.79 Å². The van der Waals surface area contributed by atoms with Gasteiger partial charge in [-0.1, -0.05) is 0 Å². The third kappa shape index (κ3) is 3.74. The van der Waals surface area contributed by atoms with Crippen LogP contribution in [0.25, 0.3) is 0 Å². The first-order valence-electron chi connectivity index (χ1n) is 8.50. The van der Waals surface area contributed by atoms with E-state index in [0.717, 1.165) is 6.42 Å². The average Bonchev–Trinajstić information content (AvgIpc) is 2.85. The fourth-order valence-corrected chi connectivity index (χ4v) is 4.65. The zero-order valence-electron chi connectivity index (χ0n) is 14.6. The Morgan fingerprint density at radius 2 is 1.76 bits per heavy atom. The number of benzene rings is 1. The summed E-state index contributed by atoms with van der Waals surface area (Å²) in [5, 5.41) is 0. The van der Waals surface area contributed by atoms with E-state index in [-0.39, 0.29) is 16.7 Å². The number of ether oxygens (including phenoxy) is 2. The van der Waals surface area contributed by atoms with Crippen molar-refractivity contribution in [2.24, 2.45) is 5.92 Å². The van der Waals surface area contributed by atoms with E-state index in [9.17, 15) is 13.2 Å². The molecule has 3 rings (SSSR count). The molecule has 7 nitrogen and oxygen atoms in total. The second-order valence-electron chi connectivity index (χ2n) is 6.57. The van der Waals surface area contributed by atoms with Gasteiger partial charge in [0, 0.05) is 45.6 Å². The van der Waals surface area contributed by atoms with Gasteiger partial charge in [0.05, 0.1) is 18.1 Å². The number of carbonyl (C=O) groups is 1. The summed E-state index contributed by atoms with van der Waals surface area (Å²) in [5.74, 6) is 1.00. The van der Waals surface area contributed by atoms with E-state index in [2.05, 4.69) is 0 Å². The van der Waals surface area contributed by atoms with Crippen LogP contribution in [-0.4, -0.2) is 63.9 Å². The first-order valence-corrected chi connectivity index (χ1v) is 9.94. The summed E-state index contributed by atoms with van der Waals surface area (Å²) in [6.45, 7) is 1.77. The Bertz CT molecular complexity index is 739. The Morgan fingerprint density at radius 1 is 1.12 bits per heavy atom. The van der Waals surface area contributed by atoms with Crippen LogP contribution in [0.5, 0.6) is 11.5 Å². The van der Waals surface area contributed by atoms with Gasteiger partial charge in [-0.2, -0.15) is 4.31 Å². The van der Waals surface area contributed by atoms with Crippen molar-refractivity contribution < 1.29 is 22.7 Å². The molecule has 0 atom stereocenters. The van der Waals surface area contributed by atoms with E-state index < -0.39 is 10.0 Å². The van der Waals surface area contributed by atoms with E-state index in [0.29, 0.717) is 50.6 Å². The molecule has 0 saturated carbocycles. The molecule has 25 heavy (non-hydrogen) atoms. The van der Waals surface area contributed by atoms with E-state index in [1.165, 1.54) is 10.4 Å². The van der Waals surface area contributed by atoms with Crippen LogP contribution in [0.4, 0.5) is 0 Å². The molecule has 0 N–H and O–H groups in total. The molecule has 1 saturated heterocycles. The van der Waals surface area contributed by atoms with Crippen molar-refractivity contribution in [3.8, 4) is 11.5 Å². The van der Waals surface area contributed by atoms with Crippen LogP contribution in [0.15, 0.2) is 23.1 Å². The van der Waals surface area contributed by atoms with Crippen LogP contribution in [0.2, 0.25) is 0 Å². The molecule has 2 heterocycles. The molecule has 0 bridgehead atoms. The molecule has 1 fully saturated rings. The minimum atomic E-state index is -3.60. The maximum absolute atomic E-state index is 12.9. The van der Waals surface area contributed by atoms with Gasteiger partial charge in [-0.15, -0.1) is 0 Å². The summed E-state index contributed by atoms with van der Waals surface area (Å²) in [6.07, 6.45) is 1.85. The van der Waals surface area contributed by atoms with Crippen molar-refractivity contribution in [2.75, 3.05) is 40.4 Å². The molecule has 2 aliphatic rings. The second kappa shape index (κ2) is 7.21. The fraction of sp³-hybridized carbons (Fsp3) is 0.588. The van der Waals surface area contributed by atoms with Gasteiger partial charge >= 0.3 is 0 Å². The molecular weight excluding hydrogens is 344 g/mol. The van der Waals surface area contributed by atoms with Crippen LogP contribution >= 0.6 is 0 Å². The fourth-order valence-electron chi connectivity index (χ4n) is 3.16. The number of carbonyl (C=O) groups excluding carboxylic acids is 1. The Labute approximate surface area is 148 Å². The molecule has 1 amide bonds. The van der Waals surface area contributed by atoms with E-state index >= 15 is 0 Å². The van der Waals surface area contributed by atoms with E-state index in [1.54, 1.807) is 31.1 Å².